The predicted octanol–water partition coefficient (Wildman–Crippen LogP) is 0.852. The summed E-state index contributed by atoms with van der Waals surface area (Å²) in [6.07, 6.45) is 1.43. The minimum Gasteiger partial charge on any atom is -0.258 e. The van der Waals surface area contributed by atoms with Crippen LogP contribution in [0.15, 0.2) is 30.3 Å². The van der Waals surface area contributed by atoms with Gasteiger partial charge < -0.3 is 0 Å². The van der Waals surface area contributed by atoms with Gasteiger partial charge in [-0.15, -0.1) is 0 Å². The maximum atomic E-state index is 11.1. The predicted molar refractivity (Wildman–Crippen MR) is 56.6 cm³/mol. The molecule has 0 amide bonds. The average Bonchev–Trinajstić information content (AvgIpc) is 2.17. The van der Waals surface area contributed by atoms with Crippen molar-refractivity contribution in [2.24, 2.45) is 0 Å². The first-order valence-corrected chi connectivity index (χ1v) is 6.27. The van der Waals surface area contributed by atoms with Gasteiger partial charge in [0.05, 0.1) is 6.61 Å². The van der Waals surface area contributed by atoms with Crippen molar-refractivity contribution in [3.8, 4) is 0 Å². The molecule has 1 unspecified atom stereocenters. The van der Waals surface area contributed by atoms with Crippen LogP contribution in [-0.4, -0.2) is 21.1 Å². The van der Waals surface area contributed by atoms with Crippen LogP contribution in [0.25, 0.3) is 0 Å². The maximum absolute atomic E-state index is 11.1. The van der Waals surface area contributed by atoms with E-state index in [4.69, 9.17) is 0 Å². The van der Waals surface area contributed by atoms with Crippen molar-refractivity contribution in [1.82, 2.24) is 4.72 Å². The van der Waals surface area contributed by atoms with E-state index in [2.05, 4.69) is 8.91 Å². The molecule has 0 aromatic heterocycles. The Labute approximate surface area is 89.5 Å². The highest BCUT2D eigenvalue weighted by atomic mass is 32.2. The van der Waals surface area contributed by atoms with Crippen LogP contribution >= 0.6 is 0 Å². The Hall–Kier alpha value is -0.910. The van der Waals surface area contributed by atoms with Crippen molar-refractivity contribution in [3.63, 3.8) is 0 Å². The van der Waals surface area contributed by atoms with Crippen molar-refractivity contribution in [2.75, 3.05) is 6.61 Å². The summed E-state index contributed by atoms with van der Waals surface area (Å²) in [5.74, 6) is 0. The summed E-state index contributed by atoms with van der Waals surface area (Å²) in [4.78, 5) is 0. The molecule has 1 saturated heterocycles. The lowest BCUT2D eigenvalue weighted by Gasteiger charge is -2.22. The summed E-state index contributed by atoms with van der Waals surface area (Å²) in [5, 5.41) is 0. The van der Waals surface area contributed by atoms with Gasteiger partial charge in [0.25, 0.3) is 0 Å². The zero-order chi connectivity index (χ0) is 10.7. The van der Waals surface area contributed by atoms with Crippen LogP contribution in [0.2, 0.25) is 0 Å². The second-order valence-electron chi connectivity index (χ2n) is 3.57. The Bertz CT molecular complexity index is 416. The van der Waals surface area contributed by atoms with Crippen molar-refractivity contribution in [1.29, 1.82) is 0 Å². The first kappa shape index (κ1) is 10.6. The molecule has 1 aromatic rings. The normalized spacial score (nSPS) is 24.9. The van der Waals surface area contributed by atoms with Crippen LogP contribution in [0.5, 0.6) is 0 Å². The average molecular weight is 227 g/mol. The summed E-state index contributed by atoms with van der Waals surface area (Å²) >= 11 is 0. The molecule has 2 rings (SSSR count). The van der Waals surface area contributed by atoms with Crippen molar-refractivity contribution in [2.45, 2.75) is 18.9 Å². The van der Waals surface area contributed by atoms with E-state index >= 15 is 0 Å². The molecule has 15 heavy (non-hydrogen) atoms. The Morgan fingerprint density at radius 1 is 1.33 bits per heavy atom. The third-order valence-electron chi connectivity index (χ3n) is 2.34. The minimum absolute atomic E-state index is 0.0499. The lowest BCUT2D eigenvalue weighted by atomic mass is 10.0. The van der Waals surface area contributed by atoms with Gasteiger partial charge in [0, 0.05) is 6.04 Å². The number of hydrogen-bond donors (Lipinski definition) is 1. The maximum Gasteiger partial charge on any atom is 0.336 e. The van der Waals surface area contributed by atoms with E-state index in [0.717, 1.165) is 5.56 Å². The van der Waals surface area contributed by atoms with Gasteiger partial charge in [0.2, 0.25) is 0 Å². The van der Waals surface area contributed by atoms with E-state index in [1.54, 1.807) is 0 Å². The minimum atomic E-state index is -3.50. The van der Waals surface area contributed by atoms with Crippen molar-refractivity contribution in [3.05, 3.63) is 35.9 Å². The molecule has 1 N–H and O–H groups in total. The van der Waals surface area contributed by atoms with Crippen LogP contribution in [0, 0.1) is 0 Å². The molecular weight excluding hydrogens is 214 g/mol. The number of benzene rings is 1. The van der Waals surface area contributed by atoms with E-state index in [1.165, 1.54) is 0 Å². The molecule has 0 spiro atoms. The molecule has 1 aromatic carbocycles. The molecule has 0 saturated carbocycles. The molecular formula is C10H13NO3S. The van der Waals surface area contributed by atoms with Crippen molar-refractivity contribution < 1.29 is 12.6 Å². The molecule has 0 bridgehead atoms. The SMILES string of the molecule is O=S1(=O)NC(Cc2ccccc2)CCO1. The van der Waals surface area contributed by atoms with E-state index in [9.17, 15) is 8.42 Å². The molecule has 1 aliphatic rings. The monoisotopic (exact) mass is 227 g/mol. The zero-order valence-electron chi connectivity index (χ0n) is 8.22. The van der Waals surface area contributed by atoms with Gasteiger partial charge in [-0.05, 0) is 18.4 Å². The first-order chi connectivity index (χ1) is 7.16. The highest BCUT2D eigenvalue weighted by Gasteiger charge is 2.24. The summed E-state index contributed by atoms with van der Waals surface area (Å²) < 4.78 is 29.3. The van der Waals surface area contributed by atoms with E-state index in [1.807, 2.05) is 30.3 Å². The quantitative estimate of drug-likeness (QED) is 0.815. The van der Waals surface area contributed by atoms with E-state index < -0.39 is 10.3 Å². The van der Waals surface area contributed by atoms with Gasteiger partial charge in [-0.3, -0.25) is 4.18 Å². The molecule has 5 heteroatoms. The molecule has 0 aliphatic carbocycles. The third kappa shape index (κ3) is 3.02. The highest BCUT2D eigenvalue weighted by molar-refractivity contribution is 7.84. The van der Waals surface area contributed by atoms with Gasteiger partial charge >= 0.3 is 10.3 Å². The second-order valence-corrected chi connectivity index (χ2v) is 4.95. The van der Waals surface area contributed by atoms with Gasteiger partial charge in [-0.25, -0.2) is 0 Å². The van der Waals surface area contributed by atoms with Gasteiger partial charge in [-0.2, -0.15) is 13.1 Å². The molecule has 1 atom stereocenters. The van der Waals surface area contributed by atoms with Crippen LogP contribution in [0.1, 0.15) is 12.0 Å². The van der Waals surface area contributed by atoms with Crippen LogP contribution in [0.3, 0.4) is 0 Å². The fraction of sp³-hybridized carbons (Fsp3) is 0.400. The standard InChI is InChI=1S/C10H13NO3S/c12-15(13)11-10(6-7-14-15)8-9-4-2-1-3-5-9/h1-5,10-11H,6-8H2. The first-order valence-electron chi connectivity index (χ1n) is 4.86. The second kappa shape index (κ2) is 4.30. The Morgan fingerprint density at radius 3 is 2.73 bits per heavy atom. The van der Waals surface area contributed by atoms with Crippen molar-refractivity contribution >= 4 is 10.3 Å². The highest BCUT2D eigenvalue weighted by Crippen LogP contribution is 2.11. The number of rotatable bonds is 2. The van der Waals surface area contributed by atoms with E-state index in [0.29, 0.717) is 12.8 Å². The topological polar surface area (TPSA) is 55.4 Å². The van der Waals surface area contributed by atoms with E-state index in [-0.39, 0.29) is 12.6 Å². The zero-order valence-corrected chi connectivity index (χ0v) is 9.03. The molecule has 82 valence electrons. The fourth-order valence-electron chi connectivity index (χ4n) is 1.64. The molecule has 1 aliphatic heterocycles. The van der Waals surface area contributed by atoms with Crippen LogP contribution in [0.4, 0.5) is 0 Å². The summed E-state index contributed by atoms with van der Waals surface area (Å²) in [6, 6.07) is 9.77. The number of hydrogen-bond acceptors (Lipinski definition) is 3. The summed E-state index contributed by atoms with van der Waals surface area (Å²) in [6.45, 7) is 0.271. The van der Waals surface area contributed by atoms with Gasteiger partial charge in [0.1, 0.15) is 0 Å². The van der Waals surface area contributed by atoms with Crippen LogP contribution < -0.4 is 4.72 Å². The van der Waals surface area contributed by atoms with Gasteiger partial charge in [0.15, 0.2) is 0 Å². The smallest absolute Gasteiger partial charge is 0.258 e. The Kier molecular flexibility index (Phi) is 3.04. The molecule has 0 radical (unpaired) electrons. The lowest BCUT2D eigenvalue weighted by Crippen LogP contribution is -2.42. The molecule has 4 nitrogen and oxygen atoms in total. The van der Waals surface area contributed by atoms with Gasteiger partial charge in [-0.1, -0.05) is 30.3 Å². The van der Waals surface area contributed by atoms with Crippen LogP contribution in [-0.2, 0) is 20.9 Å². The molecule has 1 fully saturated rings. The molecule has 1 heterocycles. The Balaban J connectivity index is 2.01. The summed E-state index contributed by atoms with van der Waals surface area (Å²) in [5.41, 5.74) is 1.13. The fourth-order valence-corrected chi connectivity index (χ4v) is 2.63. The Morgan fingerprint density at radius 2 is 2.07 bits per heavy atom. The lowest BCUT2D eigenvalue weighted by molar-refractivity contribution is 0.256. The number of nitrogens with one attached hydrogen (secondary N) is 1. The third-order valence-corrected chi connectivity index (χ3v) is 3.44. The largest absolute Gasteiger partial charge is 0.336 e. The summed E-state index contributed by atoms with van der Waals surface area (Å²) in [7, 11) is -3.50.